The fraction of sp³-hybridized carbons (Fsp3) is 0. The van der Waals surface area contributed by atoms with Crippen LogP contribution >= 0.6 is 77.2 Å². The molecular weight excluding hydrogens is 411 g/mol. The molecule has 0 amide bonds. The Morgan fingerprint density at radius 2 is 1.47 bits per heavy atom. The van der Waals surface area contributed by atoms with E-state index in [9.17, 15) is 0 Å². The quantitative estimate of drug-likeness (QED) is 0.421. The van der Waals surface area contributed by atoms with Crippen molar-refractivity contribution in [3.05, 3.63) is 36.4 Å². The van der Waals surface area contributed by atoms with Gasteiger partial charge in [0.25, 0.3) is 0 Å². The Bertz CT molecular complexity index is 717. The van der Waals surface area contributed by atoms with Crippen LogP contribution in [0.4, 0.5) is 0 Å². The van der Waals surface area contributed by atoms with Crippen molar-refractivity contribution < 1.29 is 4.31 Å². The summed E-state index contributed by atoms with van der Waals surface area (Å²) in [5, 5.41) is 2.45. The van der Waals surface area contributed by atoms with Gasteiger partial charge in [0.2, 0.25) is 0 Å². The van der Waals surface area contributed by atoms with Gasteiger partial charge in [-0.15, -0.1) is 0 Å². The van der Waals surface area contributed by atoms with Crippen LogP contribution in [0.15, 0.2) is 36.4 Å². The van der Waals surface area contributed by atoms with Crippen LogP contribution in [-0.2, 0) is 4.31 Å². The molecule has 0 saturated heterocycles. The number of hydrogen-bond donors (Lipinski definition) is 0. The van der Waals surface area contributed by atoms with Crippen molar-refractivity contribution >= 4 is 98.6 Å². The molecule has 1 aliphatic rings. The van der Waals surface area contributed by atoms with Gasteiger partial charge < -0.3 is 0 Å². The summed E-state index contributed by atoms with van der Waals surface area (Å²) < 4.78 is 0.219. The van der Waals surface area contributed by atoms with Crippen LogP contribution in [0.2, 0.25) is 0 Å². The molecule has 1 heterocycles. The monoisotopic (exact) mass is 414 g/mol. The maximum absolute atomic E-state index is 6.33. The molecule has 19 heavy (non-hydrogen) atoms. The topological polar surface area (TPSA) is 9.23 Å². The SMILES string of the molecule is Cl[P+]1(Cl)O[P-](Cl)(Cl)(Cl)(Cl)c2cccc3cccc1c23. The van der Waals surface area contributed by atoms with Crippen molar-refractivity contribution in [3.63, 3.8) is 0 Å². The summed E-state index contributed by atoms with van der Waals surface area (Å²) in [6.07, 6.45) is -3.12. The number of benzene rings is 2. The summed E-state index contributed by atoms with van der Waals surface area (Å²) in [7, 11) is 0. The molecule has 0 unspecified atom stereocenters. The summed E-state index contributed by atoms with van der Waals surface area (Å²) in [5.41, 5.74) is 0. The van der Waals surface area contributed by atoms with Gasteiger partial charge in [-0.05, 0) is 0 Å². The van der Waals surface area contributed by atoms with E-state index in [1.807, 2.05) is 18.2 Å². The van der Waals surface area contributed by atoms with Gasteiger partial charge >= 0.3 is 139 Å². The molecule has 3 rings (SSSR count). The van der Waals surface area contributed by atoms with E-state index < -0.39 is 9.78 Å². The molecule has 2 aromatic rings. The van der Waals surface area contributed by atoms with Gasteiger partial charge in [0.05, 0.1) is 0 Å². The fourth-order valence-electron chi connectivity index (χ4n) is 2.17. The van der Waals surface area contributed by atoms with Crippen LogP contribution in [-0.4, -0.2) is 0 Å². The molecule has 0 aromatic heterocycles. The molecule has 0 atom stereocenters. The first-order valence-electron chi connectivity index (χ1n) is 5.06. The van der Waals surface area contributed by atoms with Crippen molar-refractivity contribution in [1.29, 1.82) is 0 Å². The van der Waals surface area contributed by atoms with E-state index in [1.54, 1.807) is 18.2 Å². The van der Waals surface area contributed by atoms with Crippen LogP contribution in [0, 0.1) is 0 Å². The zero-order valence-corrected chi connectivity index (χ0v) is 15.4. The second-order valence-corrected chi connectivity index (χ2v) is 25.3. The van der Waals surface area contributed by atoms with Crippen LogP contribution in [0.3, 0.4) is 0 Å². The van der Waals surface area contributed by atoms with Crippen LogP contribution in [0.5, 0.6) is 0 Å². The van der Waals surface area contributed by atoms with Gasteiger partial charge in [0.15, 0.2) is 0 Å². The predicted octanol–water partition coefficient (Wildman–Crippen LogP) is 6.98. The zero-order valence-electron chi connectivity index (χ0n) is 9.03. The average molecular weight is 417 g/mol. The fourth-order valence-corrected chi connectivity index (χ4v) is 17.4. The van der Waals surface area contributed by atoms with E-state index in [4.69, 9.17) is 71.8 Å². The van der Waals surface area contributed by atoms with Crippen molar-refractivity contribution in [2.45, 2.75) is 0 Å². The Kier molecular flexibility index (Phi) is 3.01. The van der Waals surface area contributed by atoms with Crippen LogP contribution in [0.25, 0.3) is 10.8 Å². The Labute approximate surface area is 138 Å². The van der Waals surface area contributed by atoms with Gasteiger partial charge in [-0.2, -0.15) is 0 Å². The maximum atomic E-state index is 6.33. The van der Waals surface area contributed by atoms with E-state index in [1.165, 1.54) is 0 Å². The summed E-state index contributed by atoms with van der Waals surface area (Å²) in [6.45, 7) is 0. The molecule has 1 aliphatic heterocycles. The first-order chi connectivity index (χ1) is 8.43. The van der Waals surface area contributed by atoms with Gasteiger partial charge in [-0.3, -0.25) is 0 Å². The first kappa shape index (κ1) is 15.2. The molecule has 0 bridgehead atoms. The second kappa shape index (κ2) is 3.77. The molecule has 0 saturated carbocycles. The number of halogens is 6. The molecular formula is C10H6Cl6OP2. The summed E-state index contributed by atoms with van der Waals surface area (Å²) in [4.78, 5) is 0. The molecule has 0 spiro atoms. The van der Waals surface area contributed by atoms with E-state index in [2.05, 4.69) is 0 Å². The van der Waals surface area contributed by atoms with Crippen LogP contribution < -0.4 is 10.6 Å². The third-order valence-corrected chi connectivity index (χ3v) is 13.8. The molecule has 0 fully saturated rings. The van der Waals surface area contributed by atoms with E-state index >= 15 is 0 Å². The standard InChI is InChI=1S/C10H6Cl6OP2/c11-18(12)8-5-1-3-7-4-2-6-9(10(7)8)19(13,14,15,16)17-18/h1-6H. The third-order valence-electron chi connectivity index (χ3n) is 2.87. The Hall–Kier alpha value is 1.26. The Morgan fingerprint density at radius 3 is 2.11 bits per heavy atom. The molecule has 0 aliphatic carbocycles. The minimum absolute atomic E-state index is 0.321. The average Bonchev–Trinajstić information content (AvgIpc) is 2.22. The molecule has 2 aromatic carbocycles. The molecule has 0 radical (unpaired) electrons. The van der Waals surface area contributed by atoms with Crippen molar-refractivity contribution in [2.75, 3.05) is 0 Å². The Morgan fingerprint density at radius 1 is 0.895 bits per heavy atom. The van der Waals surface area contributed by atoms with Gasteiger partial charge in [0, 0.05) is 0 Å². The second-order valence-electron chi connectivity index (χ2n) is 4.28. The predicted molar refractivity (Wildman–Crippen MR) is 93.3 cm³/mol. The van der Waals surface area contributed by atoms with E-state index in [0.29, 0.717) is 16.0 Å². The number of rotatable bonds is 0. The van der Waals surface area contributed by atoms with Crippen molar-refractivity contribution in [1.82, 2.24) is 0 Å². The normalized spacial score (nSPS) is 28.7. The summed E-state index contributed by atoms with van der Waals surface area (Å²) >= 11 is 37.9. The van der Waals surface area contributed by atoms with Gasteiger partial charge in [-0.1, -0.05) is 0 Å². The van der Waals surface area contributed by atoms with E-state index in [-0.39, 0.29) is 0 Å². The van der Waals surface area contributed by atoms with Crippen molar-refractivity contribution in [3.8, 4) is 0 Å². The van der Waals surface area contributed by atoms with Gasteiger partial charge in [0.1, 0.15) is 0 Å². The molecule has 1 nitrogen and oxygen atoms in total. The van der Waals surface area contributed by atoms with Crippen LogP contribution in [0.1, 0.15) is 0 Å². The summed E-state index contributed by atoms with van der Waals surface area (Å²) in [5.74, 6) is 0. The third kappa shape index (κ3) is 2.36. The Balaban J connectivity index is 2.62. The van der Waals surface area contributed by atoms with E-state index in [0.717, 1.165) is 5.39 Å². The van der Waals surface area contributed by atoms with Gasteiger partial charge in [-0.25, -0.2) is 0 Å². The zero-order chi connectivity index (χ0) is 14.2. The molecule has 0 N–H and O–H groups in total. The van der Waals surface area contributed by atoms with Crippen molar-refractivity contribution in [2.24, 2.45) is 0 Å². The first-order valence-corrected chi connectivity index (χ1v) is 14.8. The molecule has 9 heteroatoms. The number of hydrogen-bond acceptors (Lipinski definition) is 1. The molecule has 104 valence electrons. The summed E-state index contributed by atoms with van der Waals surface area (Å²) in [6, 6.07) is 10.7. The minimum atomic E-state index is -5.27.